The fourth-order valence-corrected chi connectivity index (χ4v) is 0.482. The first-order valence-corrected chi connectivity index (χ1v) is 3.19. The summed E-state index contributed by atoms with van der Waals surface area (Å²) in [6, 6.07) is 0. The molecule has 0 radical (unpaired) electrons. The highest BCUT2D eigenvalue weighted by Crippen LogP contribution is 1.99. The minimum absolute atomic E-state index is 0.265. The van der Waals surface area contributed by atoms with Crippen LogP contribution in [0.15, 0.2) is 24.8 Å². The van der Waals surface area contributed by atoms with Crippen LogP contribution in [0.25, 0.3) is 0 Å². The van der Waals surface area contributed by atoms with Crippen LogP contribution in [-0.4, -0.2) is 11.7 Å². The monoisotopic (exact) mass is 126 g/mol. The van der Waals surface area contributed by atoms with E-state index < -0.39 is 0 Å². The molecule has 0 aliphatic carbocycles. The normalized spacial score (nSPS) is 14.0. The molecule has 0 heterocycles. The van der Waals surface area contributed by atoms with Crippen molar-refractivity contribution in [1.82, 2.24) is 0 Å². The molecule has 0 aromatic rings. The molecule has 0 aromatic heterocycles. The Kier molecular flexibility index (Phi) is 5.23. The largest absolute Gasteiger partial charge is 0.396 e. The number of aliphatic hydroxyl groups is 1. The van der Waals surface area contributed by atoms with Gasteiger partial charge in [-0.25, -0.2) is 0 Å². The van der Waals surface area contributed by atoms with Gasteiger partial charge in [0.1, 0.15) is 0 Å². The van der Waals surface area contributed by atoms with Crippen LogP contribution in [0.3, 0.4) is 0 Å². The maximum Gasteiger partial charge on any atom is 0.0459 e. The SMILES string of the molecule is C=C/C=C/C[C@@H](C)CO. The quantitative estimate of drug-likeness (QED) is 0.569. The van der Waals surface area contributed by atoms with E-state index in [1.54, 1.807) is 6.08 Å². The van der Waals surface area contributed by atoms with Crippen LogP contribution in [-0.2, 0) is 0 Å². The van der Waals surface area contributed by atoms with Gasteiger partial charge in [-0.15, -0.1) is 0 Å². The Morgan fingerprint density at radius 2 is 2.33 bits per heavy atom. The van der Waals surface area contributed by atoms with Gasteiger partial charge < -0.3 is 5.11 Å². The average Bonchev–Trinajstić information content (AvgIpc) is 1.89. The summed E-state index contributed by atoms with van der Waals surface area (Å²) in [4.78, 5) is 0. The molecule has 9 heavy (non-hydrogen) atoms. The minimum Gasteiger partial charge on any atom is -0.396 e. The molecule has 0 saturated carbocycles. The maximum absolute atomic E-state index is 8.57. The van der Waals surface area contributed by atoms with Gasteiger partial charge >= 0.3 is 0 Å². The van der Waals surface area contributed by atoms with E-state index in [0.29, 0.717) is 5.92 Å². The second kappa shape index (κ2) is 5.57. The lowest BCUT2D eigenvalue weighted by Crippen LogP contribution is -1.97. The van der Waals surface area contributed by atoms with Gasteiger partial charge in [-0.2, -0.15) is 0 Å². The Morgan fingerprint density at radius 3 is 2.78 bits per heavy atom. The van der Waals surface area contributed by atoms with Crippen LogP contribution >= 0.6 is 0 Å². The molecule has 1 heteroatoms. The van der Waals surface area contributed by atoms with Crippen LogP contribution in [0.4, 0.5) is 0 Å². The van der Waals surface area contributed by atoms with Crippen molar-refractivity contribution in [1.29, 1.82) is 0 Å². The van der Waals surface area contributed by atoms with Gasteiger partial charge in [0.05, 0.1) is 0 Å². The standard InChI is InChI=1S/C8H14O/c1-3-4-5-6-8(2)7-9/h3-5,8-9H,1,6-7H2,2H3/b5-4+/t8-/m1/s1. The Morgan fingerprint density at radius 1 is 1.67 bits per heavy atom. The van der Waals surface area contributed by atoms with E-state index in [2.05, 4.69) is 6.58 Å². The third kappa shape index (κ3) is 5.31. The summed E-state index contributed by atoms with van der Waals surface area (Å²) >= 11 is 0. The summed E-state index contributed by atoms with van der Waals surface area (Å²) in [5.41, 5.74) is 0. The van der Waals surface area contributed by atoms with Gasteiger partial charge in [0.2, 0.25) is 0 Å². The molecule has 0 bridgehead atoms. The van der Waals surface area contributed by atoms with Crippen molar-refractivity contribution in [3.63, 3.8) is 0 Å². The van der Waals surface area contributed by atoms with Crippen LogP contribution in [0.5, 0.6) is 0 Å². The number of hydrogen-bond donors (Lipinski definition) is 1. The molecule has 0 aliphatic rings. The summed E-state index contributed by atoms with van der Waals surface area (Å²) in [5, 5.41) is 8.57. The highest BCUT2D eigenvalue weighted by atomic mass is 16.3. The predicted molar refractivity (Wildman–Crippen MR) is 40.2 cm³/mol. The van der Waals surface area contributed by atoms with Crippen LogP contribution in [0.2, 0.25) is 0 Å². The van der Waals surface area contributed by atoms with Gasteiger partial charge in [-0.1, -0.05) is 31.7 Å². The maximum atomic E-state index is 8.57. The van der Waals surface area contributed by atoms with Crippen molar-refractivity contribution in [2.45, 2.75) is 13.3 Å². The Labute approximate surface area is 56.7 Å². The molecule has 0 spiro atoms. The van der Waals surface area contributed by atoms with Crippen molar-refractivity contribution >= 4 is 0 Å². The molecule has 0 aliphatic heterocycles. The third-order valence-electron chi connectivity index (χ3n) is 1.12. The first kappa shape index (κ1) is 8.44. The highest BCUT2D eigenvalue weighted by Gasteiger charge is 1.93. The molecule has 0 unspecified atom stereocenters. The zero-order valence-electron chi connectivity index (χ0n) is 5.88. The van der Waals surface area contributed by atoms with Gasteiger partial charge in [-0.05, 0) is 12.3 Å². The Bertz CT molecular complexity index is 94.7. The second-order valence-electron chi connectivity index (χ2n) is 2.19. The number of hydrogen-bond acceptors (Lipinski definition) is 1. The second-order valence-corrected chi connectivity index (χ2v) is 2.19. The molecule has 0 amide bonds. The molecule has 0 saturated heterocycles. The third-order valence-corrected chi connectivity index (χ3v) is 1.12. The summed E-state index contributed by atoms with van der Waals surface area (Å²) in [6.07, 6.45) is 6.58. The zero-order valence-corrected chi connectivity index (χ0v) is 5.88. The lowest BCUT2D eigenvalue weighted by Gasteiger charge is -2.00. The molecule has 1 atom stereocenters. The van der Waals surface area contributed by atoms with E-state index in [1.807, 2.05) is 19.1 Å². The van der Waals surface area contributed by atoms with Crippen molar-refractivity contribution in [2.75, 3.05) is 6.61 Å². The topological polar surface area (TPSA) is 20.2 Å². The predicted octanol–water partition coefficient (Wildman–Crippen LogP) is 1.75. The fourth-order valence-electron chi connectivity index (χ4n) is 0.482. The lowest BCUT2D eigenvalue weighted by molar-refractivity contribution is 0.239. The number of aliphatic hydroxyl groups excluding tert-OH is 1. The molecule has 52 valence electrons. The first-order valence-electron chi connectivity index (χ1n) is 3.19. The van der Waals surface area contributed by atoms with E-state index >= 15 is 0 Å². The van der Waals surface area contributed by atoms with Crippen molar-refractivity contribution in [2.24, 2.45) is 5.92 Å². The van der Waals surface area contributed by atoms with Crippen molar-refractivity contribution in [3.8, 4) is 0 Å². The first-order chi connectivity index (χ1) is 4.31. The Hall–Kier alpha value is -0.560. The molecule has 1 nitrogen and oxygen atoms in total. The smallest absolute Gasteiger partial charge is 0.0459 e. The highest BCUT2D eigenvalue weighted by molar-refractivity contribution is 4.97. The molecule has 0 rings (SSSR count). The summed E-state index contributed by atoms with van der Waals surface area (Å²) in [6.45, 7) is 5.81. The number of allylic oxidation sites excluding steroid dienone is 3. The van der Waals surface area contributed by atoms with E-state index in [1.165, 1.54) is 0 Å². The van der Waals surface area contributed by atoms with Crippen LogP contribution in [0.1, 0.15) is 13.3 Å². The van der Waals surface area contributed by atoms with Gasteiger partial charge in [-0.3, -0.25) is 0 Å². The fraction of sp³-hybridized carbons (Fsp3) is 0.500. The summed E-state index contributed by atoms with van der Waals surface area (Å²) in [5.74, 6) is 0.376. The summed E-state index contributed by atoms with van der Waals surface area (Å²) in [7, 11) is 0. The van der Waals surface area contributed by atoms with Crippen molar-refractivity contribution in [3.05, 3.63) is 24.8 Å². The lowest BCUT2D eigenvalue weighted by atomic mass is 10.1. The molecular formula is C8H14O. The average molecular weight is 126 g/mol. The number of rotatable bonds is 4. The van der Waals surface area contributed by atoms with Crippen LogP contribution < -0.4 is 0 Å². The zero-order chi connectivity index (χ0) is 7.11. The van der Waals surface area contributed by atoms with E-state index in [-0.39, 0.29) is 6.61 Å². The van der Waals surface area contributed by atoms with E-state index in [9.17, 15) is 0 Å². The van der Waals surface area contributed by atoms with Gasteiger partial charge in [0.25, 0.3) is 0 Å². The van der Waals surface area contributed by atoms with E-state index in [0.717, 1.165) is 6.42 Å². The summed E-state index contributed by atoms with van der Waals surface area (Å²) < 4.78 is 0. The molecule has 0 aromatic carbocycles. The Balaban J connectivity index is 3.25. The molecule has 0 fully saturated rings. The van der Waals surface area contributed by atoms with Crippen LogP contribution in [0, 0.1) is 5.92 Å². The minimum atomic E-state index is 0.265. The van der Waals surface area contributed by atoms with Gasteiger partial charge in [0.15, 0.2) is 0 Å². The van der Waals surface area contributed by atoms with Crippen molar-refractivity contribution < 1.29 is 5.11 Å². The molecule has 1 N–H and O–H groups in total. The van der Waals surface area contributed by atoms with Gasteiger partial charge in [0, 0.05) is 6.61 Å². The van der Waals surface area contributed by atoms with E-state index in [4.69, 9.17) is 5.11 Å². The molecular weight excluding hydrogens is 112 g/mol.